The molecule has 1 aliphatic rings. The molecule has 0 atom stereocenters. The summed E-state index contributed by atoms with van der Waals surface area (Å²) < 4.78 is 0. The van der Waals surface area contributed by atoms with Gasteiger partial charge in [0.25, 0.3) is 0 Å². The van der Waals surface area contributed by atoms with Crippen LogP contribution in [-0.4, -0.2) is 19.6 Å². The van der Waals surface area contributed by atoms with Gasteiger partial charge < -0.3 is 10.6 Å². The summed E-state index contributed by atoms with van der Waals surface area (Å²) in [6.07, 6.45) is 2.37. The van der Waals surface area contributed by atoms with Crippen molar-refractivity contribution in [3.63, 3.8) is 0 Å². The average Bonchev–Trinajstić information content (AvgIpc) is 2.25. The maximum atomic E-state index is 5.86. The molecule has 106 valence electrons. The van der Waals surface area contributed by atoms with E-state index in [-0.39, 0.29) is 5.41 Å². The summed E-state index contributed by atoms with van der Waals surface area (Å²) in [6.45, 7) is 10.1. The number of anilines is 1. The highest BCUT2D eigenvalue weighted by molar-refractivity contribution is 5.54. The highest BCUT2D eigenvalue weighted by Gasteiger charge is 2.27. The Morgan fingerprint density at radius 1 is 1.26 bits per heavy atom. The Hall–Kier alpha value is -1.02. The Morgan fingerprint density at radius 2 is 1.89 bits per heavy atom. The van der Waals surface area contributed by atoms with Crippen molar-refractivity contribution in [1.29, 1.82) is 0 Å². The van der Waals surface area contributed by atoms with Gasteiger partial charge >= 0.3 is 0 Å². The van der Waals surface area contributed by atoms with Crippen LogP contribution in [-0.2, 0) is 5.41 Å². The molecule has 1 aromatic carbocycles. The summed E-state index contributed by atoms with van der Waals surface area (Å²) in [5.74, 6) is 0.779. The van der Waals surface area contributed by atoms with E-state index in [1.54, 1.807) is 0 Å². The number of aryl methyl sites for hydroxylation is 1. The van der Waals surface area contributed by atoms with Gasteiger partial charge in [0.15, 0.2) is 0 Å². The quantitative estimate of drug-likeness (QED) is 0.901. The largest absolute Gasteiger partial charge is 0.374 e. The van der Waals surface area contributed by atoms with E-state index in [9.17, 15) is 0 Å². The van der Waals surface area contributed by atoms with Crippen LogP contribution in [0.1, 0.15) is 44.7 Å². The van der Waals surface area contributed by atoms with Gasteiger partial charge in [-0.25, -0.2) is 0 Å². The highest BCUT2D eigenvalue weighted by Crippen LogP contribution is 2.31. The van der Waals surface area contributed by atoms with Crippen molar-refractivity contribution in [3.05, 3.63) is 29.3 Å². The maximum absolute atomic E-state index is 5.86. The van der Waals surface area contributed by atoms with Crippen molar-refractivity contribution in [2.45, 2.75) is 52.0 Å². The van der Waals surface area contributed by atoms with Crippen LogP contribution in [0.15, 0.2) is 18.2 Å². The molecule has 0 spiro atoms. The lowest BCUT2D eigenvalue weighted by molar-refractivity contribution is 0.271. The molecule has 0 radical (unpaired) electrons. The van der Waals surface area contributed by atoms with E-state index in [0.717, 1.165) is 12.5 Å². The lowest BCUT2D eigenvalue weighted by Crippen LogP contribution is -2.42. The molecule has 0 saturated heterocycles. The zero-order valence-electron chi connectivity index (χ0n) is 13.0. The minimum Gasteiger partial charge on any atom is -0.374 e. The zero-order chi connectivity index (χ0) is 14.2. The Balaban J connectivity index is 2.08. The predicted octanol–water partition coefficient (Wildman–Crippen LogP) is 3.47. The Bertz CT molecular complexity index is 439. The van der Waals surface area contributed by atoms with Crippen molar-refractivity contribution in [2.24, 2.45) is 11.7 Å². The van der Waals surface area contributed by atoms with Gasteiger partial charge in [0, 0.05) is 25.3 Å². The Labute approximate surface area is 118 Å². The molecule has 1 fully saturated rings. The van der Waals surface area contributed by atoms with Crippen molar-refractivity contribution in [2.75, 3.05) is 18.5 Å². The molecule has 0 bridgehead atoms. The van der Waals surface area contributed by atoms with E-state index in [4.69, 9.17) is 5.73 Å². The summed E-state index contributed by atoms with van der Waals surface area (Å²) in [7, 11) is 2.20. The van der Waals surface area contributed by atoms with Crippen molar-refractivity contribution in [1.82, 2.24) is 0 Å². The van der Waals surface area contributed by atoms with Crippen LogP contribution in [0.25, 0.3) is 0 Å². The van der Waals surface area contributed by atoms with Crippen molar-refractivity contribution >= 4 is 5.69 Å². The lowest BCUT2D eigenvalue weighted by atomic mass is 9.80. The van der Waals surface area contributed by atoms with Crippen LogP contribution in [0.3, 0.4) is 0 Å². The number of nitrogens with zero attached hydrogens (tertiary/aromatic N) is 1. The first-order valence-electron chi connectivity index (χ1n) is 7.35. The first-order valence-corrected chi connectivity index (χ1v) is 7.35. The summed E-state index contributed by atoms with van der Waals surface area (Å²) >= 11 is 0. The molecule has 2 rings (SSSR count). The molecule has 0 amide bonds. The lowest BCUT2D eigenvalue weighted by Gasteiger charge is -2.36. The zero-order valence-corrected chi connectivity index (χ0v) is 13.0. The monoisotopic (exact) mass is 260 g/mol. The molecule has 19 heavy (non-hydrogen) atoms. The Morgan fingerprint density at radius 3 is 2.37 bits per heavy atom. The summed E-state index contributed by atoms with van der Waals surface area (Å²) in [6, 6.07) is 7.32. The van der Waals surface area contributed by atoms with Gasteiger partial charge in [-0.05, 0) is 48.3 Å². The standard InChI is InChI=1S/C17H28N2/c1-12-8-14(17(2,3)4)6-7-16(12)19(5)11-13-9-15(18)10-13/h6-8,13,15H,9-11,18H2,1-5H3. The summed E-state index contributed by atoms with van der Waals surface area (Å²) in [5, 5.41) is 0. The smallest absolute Gasteiger partial charge is 0.0393 e. The van der Waals surface area contributed by atoms with Crippen LogP contribution in [0.4, 0.5) is 5.69 Å². The van der Waals surface area contributed by atoms with Gasteiger partial charge in [-0.1, -0.05) is 32.9 Å². The highest BCUT2D eigenvalue weighted by atomic mass is 15.1. The third-order valence-corrected chi connectivity index (χ3v) is 4.28. The van der Waals surface area contributed by atoms with E-state index in [0.29, 0.717) is 6.04 Å². The molecule has 2 nitrogen and oxygen atoms in total. The molecule has 0 aromatic heterocycles. The number of nitrogens with two attached hydrogens (primary N) is 1. The molecule has 0 unspecified atom stereocenters. The summed E-state index contributed by atoms with van der Waals surface area (Å²) in [4.78, 5) is 2.39. The van der Waals surface area contributed by atoms with E-state index >= 15 is 0 Å². The van der Waals surface area contributed by atoms with Crippen LogP contribution >= 0.6 is 0 Å². The molecule has 0 aliphatic heterocycles. The second-order valence-electron chi connectivity index (χ2n) is 7.23. The van der Waals surface area contributed by atoms with Gasteiger partial charge in [-0.15, -0.1) is 0 Å². The summed E-state index contributed by atoms with van der Waals surface area (Å²) in [5.41, 5.74) is 10.2. The second-order valence-corrected chi connectivity index (χ2v) is 7.23. The van der Waals surface area contributed by atoms with Gasteiger partial charge in [-0.2, -0.15) is 0 Å². The van der Waals surface area contributed by atoms with Gasteiger partial charge in [0.05, 0.1) is 0 Å². The third kappa shape index (κ3) is 3.30. The number of rotatable bonds is 3. The molecule has 0 heterocycles. The first-order chi connectivity index (χ1) is 8.77. The normalized spacial score (nSPS) is 23.1. The fourth-order valence-electron chi connectivity index (χ4n) is 2.97. The molecular weight excluding hydrogens is 232 g/mol. The molecular formula is C17H28N2. The SMILES string of the molecule is Cc1cc(C(C)(C)C)ccc1N(C)CC1CC(N)C1. The Kier molecular flexibility index (Phi) is 3.91. The van der Waals surface area contributed by atoms with E-state index in [1.165, 1.54) is 29.7 Å². The fourth-order valence-corrected chi connectivity index (χ4v) is 2.97. The van der Waals surface area contributed by atoms with E-state index in [2.05, 4.69) is 57.8 Å². The van der Waals surface area contributed by atoms with Crippen molar-refractivity contribution < 1.29 is 0 Å². The second kappa shape index (κ2) is 5.16. The number of benzene rings is 1. The minimum atomic E-state index is 0.225. The maximum Gasteiger partial charge on any atom is 0.0393 e. The molecule has 2 N–H and O–H groups in total. The molecule has 1 aliphatic carbocycles. The number of hydrogen-bond donors (Lipinski definition) is 1. The van der Waals surface area contributed by atoms with Crippen LogP contribution in [0, 0.1) is 12.8 Å². The predicted molar refractivity (Wildman–Crippen MR) is 83.8 cm³/mol. The van der Waals surface area contributed by atoms with Gasteiger partial charge in [0.2, 0.25) is 0 Å². The average molecular weight is 260 g/mol. The van der Waals surface area contributed by atoms with Crippen molar-refractivity contribution in [3.8, 4) is 0 Å². The van der Waals surface area contributed by atoms with Gasteiger partial charge in [-0.3, -0.25) is 0 Å². The third-order valence-electron chi connectivity index (χ3n) is 4.28. The van der Waals surface area contributed by atoms with E-state index < -0.39 is 0 Å². The minimum absolute atomic E-state index is 0.225. The van der Waals surface area contributed by atoms with Crippen LogP contribution in [0.2, 0.25) is 0 Å². The molecule has 1 aromatic rings. The first kappa shape index (κ1) is 14.4. The van der Waals surface area contributed by atoms with Crippen LogP contribution < -0.4 is 10.6 Å². The van der Waals surface area contributed by atoms with E-state index in [1.807, 2.05) is 0 Å². The number of hydrogen-bond acceptors (Lipinski definition) is 2. The molecule has 1 saturated carbocycles. The molecule has 2 heteroatoms. The van der Waals surface area contributed by atoms with Gasteiger partial charge in [0.1, 0.15) is 0 Å². The topological polar surface area (TPSA) is 29.3 Å². The fraction of sp³-hybridized carbons (Fsp3) is 0.647. The van der Waals surface area contributed by atoms with Crippen LogP contribution in [0.5, 0.6) is 0 Å².